The lowest BCUT2D eigenvalue weighted by atomic mass is 10.0. The van der Waals surface area contributed by atoms with Crippen molar-refractivity contribution >= 4 is 13.7 Å². The van der Waals surface area contributed by atoms with E-state index in [0.717, 1.165) is 32.1 Å². The molecule has 10 heteroatoms. The minimum atomic E-state index is -4.40. The van der Waals surface area contributed by atoms with E-state index in [9.17, 15) is 24.5 Å². The van der Waals surface area contributed by atoms with Crippen LogP contribution in [0.2, 0.25) is 0 Å². The van der Waals surface area contributed by atoms with Gasteiger partial charge in [0.05, 0.1) is 37.9 Å². The van der Waals surface area contributed by atoms with Gasteiger partial charge in [0.25, 0.3) is 0 Å². The van der Waals surface area contributed by atoms with Crippen LogP contribution < -0.4 is 11.1 Å². The largest absolute Gasteiger partial charge is 0.472 e. The topological polar surface area (TPSA) is 151 Å². The van der Waals surface area contributed by atoms with Crippen LogP contribution in [0.15, 0.2) is 24.3 Å². The Morgan fingerprint density at radius 2 is 1.12 bits per heavy atom. The molecule has 9 nitrogen and oxygen atoms in total. The van der Waals surface area contributed by atoms with Crippen molar-refractivity contribution in [3.8, 4) is 0 Å². The zero-order valence-electron chi connectivity index (χ0n) is 33.0. The van der Waals surface area contributed by atoms with E-state index in [1.165, 1.54) is 128 Å². The summed E-state index contributed by atoms with van der Waals surface area (Å²) in [5.74, 6) is -0.458. The molecule has 4 unspecified atom stereocenters. The molecular formula is C41H81N2O7P. The summed E-state index contributed by atoms with van der Waals surface area (Å²) in [6, 6.07) is -0.994. The molecule has 302 valence electrons. The maximum absolute atomic E-state index is 12.7. The summed E-state index contributed by atoms with van der Waals surface area (Å²) < 4.78 is 22.0. The zero-order valence-corrected chi connectivity index (χ0v) is 33.9. The standard InChI is InChI=1S/C41H81N2O7P/c1-3-5-7-9-11-13-14-15-16-17-18-19-20-21-22-23-24-25-27-29-31-33-40(45)39(37-50-51(47,48)49-35-34-42)43-41(46)36-38(44)32-30-28-26-12-10-8-6-4-2/h24-25,31,33,38-40,44-45H,3-23,26-30,32,34-37,42H2,1-2H3,(H,43,46)(H,47,48)/b25-24+,33-31+. The van der Waals surface area contributed by atoms with Crippen molar-refractivity contribution in [3.63, 3.8) is 0 Å². The van der Waals surface area contributed by atoms with Gasteiger partial charge in [0, 0.05) is 6.54 Å². The molecule has 6 N–H and O–H groups in total. The number of carbonyl (C=O) groups is 1. The van der Waals surface area contributed by atoms with Crippen molar-refractivity contribution in [2.45, 2.75) is 212 Å². The molecular weight excluding hydrogens is 663 g/mol. The molecule has 0 bridgehead atoms. The summed E-state index contributed by atoms with van der Waals surface area (Å²) in [6.45, 7) is 3.92. The molecule has 1 amide bonds. The van der Waals surface area contributed by atoms with Gasteiger partial charge in [-0.05, 0) is 32.1 Å². The molecule has 4 atom stereocenters. The quantitative estimate of drug-likeness (QED) is 0.0237. The van der Waals surface area contributed by atoms with Gasteiger partial charge >= 0.3 is 7.82 Å². The highest BCUT2D eigenvalue weighted by Gasteiger charge is 2.27. The van der Waals surface area contributed by atoms with E-state index < -0.39 is 38.6 Å². The first-order chi connectivity index (χ1) is 24.8. The van der Waals surface area contributed by atoms with Gasteiger partial charge in [0.15, 0.2) is 0 Å². The Labute approximate surface area is 313 Å². The van der Waals surface area contributed by atoms with Crippen LogP contribution in [0.4, 0.5) is 0 Å². The Bertz CT molecular complexity index is 873. The molecule has 0 aliphatic heterocycles. The Morgan fingerprint density at radius 3 is 1.63 bits per heavy atom. The lowest BCUT2D eigenvalue weighted by molar-refractivity contribution is -0.124. The Morgan fingerprint density at radius 1 is 0.667 bits per heavy atom. The van der Waals surface area contributed by atoms with Crippen LogP contribution in [0.5, 0.6) is 0 Å². The summed E-state index contributed by atoms with van der Waals surface area (Å²) in [5.41, 5.74) is 5.35. The second-order valence-corrected chi connectivity index (χ2v) is 15.8. The summed E-state index contributed by atoms with van der Waals surface area (Å²) in [5, 5.41) is 23.9. The number of nitrogens with one attached hydrogen (secondary N) is 1. The Kier molecular flexibility index (Phi) is 36.5. The van der Waals surface area contributed by atoms with Crippen LogP contribution in [0.25, 0.3) is 0 Å². The SMILES string of the molecule is CCCCCCCCCCCCCCCCC/C=C/CC/C=C/C(O)C(COP(=O)(O)OCCN)NC(=O)CC(O)CCCCCCCCCC. The maximum Gasteiger partial charge on any atom is 0.472 e. The van der Waals surface area contributed by atoms with E-state index in [1.807, 2.05) is 6.08 Å². The highest BCUT2D eigenvalue weighted by atomic mass is 31.2. The van der Waals surface area contributed by atoms with E-state index in [2.05, 4.69) is 31.3 Å². The molecule has 0 spiro atoms. The molecule has 0 heterocycles. The van der Waals surface area contributed by atoms with Crippen LogP contribution in [-0.2, 0) is 18.4 Å². The monoisotopic (exact) mass is 745 g/mol. The number of allylic oxidation sites excluding steroid dienone is 3. The predicted molar refractivity (Wildman–Crippen MR) is 214 cm³/mol. The number of aliphatic hydroxyl groups is 2. The van der Waals surface area contributed by atoms with Gasteiger partial charge < -0.3 is 26.2 Å². The number of unbranched alkanes of at least 4 members (excludes halogenated alkanes) is 23. The number of hydrogen-bond donors (Lipinski definition) is 5. The van der Waals surface area contributed by atoms with Gasteiger partial charge in [-0.15, -0.1) is 0 Å². The molecule has 0 aromatic heterocycles. The number of phosphoric acid groups is 1. The first kappa shape index (κ1) is 49.9. The van der Waals surface area contributed by atoms with Gasteiger partial charge in [-0.25, -0.2) is 4.57 Å². The molecule has 0 saturated carbocycles. The normalized spacial score (nSPS) is 15.0. The second-order valence-electron chi connectivity index (χ2n) is 14.4. The molecule has 51 heavy (non-hydrogen) atoms. The molecule has 0 radical (unpaired) electrons. The number of nitrogens with two attached hydrogens (primary N) is 1. The van der Waals surface area contributed by atoms with Gasteiger partial charge in [-0.3, -0.25) is 13.8 Å². The summed E-state index contributed by atoms with van der Waals surface area (Å²) in [7, 11) is -4.40. The van der Waals surface area contributed by atoms with Crippen molar-refractivity contribution in [2.75, 3.05) is 19.8 Å². The Balaban J connectivity index is 4.31. The lowest BCUT2D eigenvalue weighted by Crippen LogP contribution is -2.46. The van der Waals surface area contributed by atoms with E-state index in [-0.39, 0.29) is 19.6 Å². The fourth-order valence-electron chi connectivity index (χ4n) is 6.13. The summed E-state index contributed by atoms with van der Waals surface area (Å²) in [6.07, 6.45) is 38.6. The zero-order chi connectivity index (χ0) is 37.7. The highest BCUT2D eigenvalue weighted by Crippen LogP contribution is 2.43. The minimum absolute atomic E-state index is 0.0457. The molecule has 0 rings (SSSR count). The molecule has 0 aromatic rings. The van der Waals surface area contributed by atoms with Gasteiger partial charge in [-0.1, -0.05) is 179 Å². The van der Waals surface area contributed by atoms with Crippen LogP contribution in [0.3, 0.4) is 0 Å². The van der Waals surface area contributed by atoms with Crippen molar-refractivity contribution in [1.82, 2.24) is 5.32 Å². The first-order valence-corrected chi connectivity index (χ1v) is 22.5. The number of phosphoric ester groups is 1. The van der Waals surface area contributed by atoms with Crippen molar-refractivity contribution in [3.05, 3.63) is 24.3 Å². The van der Waals surface area contributed by atoms with Crippen molar-refractivity contribution < 1.29 is 33.5 Å². The predicted octanol–water partition coefficient (Wildman–Crippen LogP) is 10.4. The van der Waals surface area contributed by atoms with E-state index in [0.29, 0.717) is 12.8 Å². The maximum atomic E-state index is 12.7. The second kappa shape index (κ2) is 37.3. The molecule has 0 aliphatic carbocycles. The van der Waals surface area contributed by atoms with Gasteiger partial charge in [0.1, 0.15) is 0 Å². The average molecular weight is 745 g/mol. The van der Waals surface area contributed by atoms with E-state index in [4.69, 9.17) is 14.8 Å². The number of carbonyl (C=O) groups excluding carboxylic acids is 1. The fourth-order valence-corrected chi connectivity index (χ4v) is 6.89. The van der Waals surface area contributed by atoms with Crippen molar-refractivity contribution in [1.29, 1.82) is 0 Å². The number of amides is 1. The molecule has 0 aliphatic rings. The van der Waals surface area contributed by atoms with Crippen LogP contribution >= 0.6 is 7.82 Å². The first-order valence-electron chi connectivity index (χ1n) is 21.0. The molecule has 0 fully saturated rings. The third kappa shape index (κ3) is 35.7. The lowest BCUT2D eigenvalue weighted by Gasteiger charge is -2.24. The summed E-state index contributed by atoms with van der Waals surface area (Å²) >= 11 is 0. The fraction of sp³-hybridized carbons (Fsp3) is 0.878. The smallest absolute Gasteiger partial charge is 0.393 e. The van der Waals surface area contributed by atoms with Crippen molar-refractivity contribution in [2.24, 2.45) is 5.73 Å². The molecule has 0 aromatic carbocycles. The minimum Gasteiger partial charge on any atom is -0.393 e. The van der Waals surface area contributed by atoms with Gasteiger partial charge in [-0.2, -0.15) is 0 Å². The third-order valence-corrected chi connectivity index (χ3v) is 10.3. The van der Waals surface area contributed by atoms with Crippen LogP contribution in [-0.4, -0.2) is 59.0 Å². The number of hydrogen-bond acceptors (Lipinski definition) is 7. The third-order valence-electron chi connectivity index (χ3n) is 9.33. The average Bonchev–Trinajstić information content (AvgIpc) is 3.10. The number of aliphatic hydroxyl groups excluding tert-OH is 2. The highest BCUT2D eigenvalue weighted by molar-refractivity contribution is 7.47. The van der Waals surface area contributed by atoms with Crippen LogP contribution in [0.1, 0.15) is 194 Å². The summed E-state index contributed by atoms with van der Waals surface area (Å²) in [4.78, 5) is 22.6. The number of rotatable bonds is 39. The molecule has 0 saturated heterocycles. The van der Waals surface area contributed by atoms with E-state index in [1.54, 1.807) is 6.08 Å². The Hall–Kier alpha value is -1.06. The van der Waals surface area contributed by atoms with Gasteiger partial charge in [0.2, 0.25) is 5.91 Å². The van der Waals surface area contributed by atoms with Crippen LogP contribution in [0, 0.1) is 0 Å². The van der Waals surface area contributed by atoms with E-state index >= 15 is 0 Å².